The Kier molecular flexibility index (Phi) is 12.0. The zero-order chi connectivity index (χ0) is 39.2. The van der Waals surface area contributed by atoms with E-state index in [0.717, 1.165) is 59.1 Å². The van der Waals surface area contributed by atoms with Crippen LogP contribution in [-0.2, 0) is 39.2 Å². The fourth-order valence-electron chi connectivity index (χ4n) is 8.06. The van der Waals surface area contributed by atoms with Crippen molar-refractivity contribution in [3.63, 3.8) is 0 Å². The second kappa shape index (κ2) is 17.0. The van der Waals surface area contributed by atoms with E-state index in [-0.39, 0.29) is 0 Å². The highest BCUT2D eigenvalue weighted by Gasteiger charge is 2.22. The fourth-order valence-corrected chi connectivity index (χ4v) is 8.06. The maximum Gasteiger partial charge on any atom is 0.132 e. The van der Waals surface area contributed by atoms with Crippen LogP contribution in [0.15, 0.2) is 79.2 Å². The molecule has 0 aromatic carbocycles. The van der Waals surface area contributed by atoms with E-state index in [1.54, 1.807) is 31.0 Å². The first-order chi connectivity index (χ1) is 26.4. The molecule has 0 fully saturated rings. The van der Waals surface area contributed by atoms with Crippen LogP contribution in [0.1, 0.15) is 96.9 Å². The molecule has 0 saturated heterocycles. The zero-order valence-corrected chi connectivity index (χ0v) is 32.8. The van der Waals surface area contributed by atoms with Crippen molar-refractivity contribution in [2.45, 2.75) is 84.5 Å². The number of hydrogen-bond donors (Lipinski definition) is 5. The highest BCUT2D eigenvalue weighted by Crippen LogP contribution is 2.36. The molecule has 0 bridgehead atoms. The van der Waals surface area contributed by atoms with Gasteiger partial charge in [-0.3, -0.25) is 0 Å². The van der Waals surface area contributed by atoms with Gasteiger partial charge in [0.2, 0.25) is 0 Å². The molecule has 0 amide bonds. The normalized spacial score (nSPS) is 18.1. The molecule has 55 heavy (non-hydrogen) atoms. The Morgan fingerprint density at radius 1 is 0.600 bits per heavy atom. The van der Waals surface area contributed by atoms with Crippen molar-refractivity contribution in [1.29, 1.82) is 0 Å². The van der Waals surface area contributed by atoms with E-state index in [9.17, 15) is 0 Å². The van der Waals surface area contributed by atoms with Crippen LogP contribution in [0.3, 0.4) is 0 Å². The van der Waals surface area contributed by atoms with E-state index in [4.69, 9.17) is 28.7 Å². The van der Waals surface area contributed by atoms with Crippen molar-refractivity contribution < 1.29 is 0 Å². The second-order valence-electron chi connectivity index (χ2n) is 15.3. The molecule has 286 valence electrons. The summed E-state index contributed by atoms with van der Waals surface area (Å²) in [5.74, 6) is 5.47. The molecule has 0 aliphatic heterocycles. The lowest BCUT2D eigenvalue weighted by Gasteiger charge is -2.05. The van der Waals surface area contributed by atoms with Crippen molar-refractivity contribution in [3.8, 4) is 0 Å². The molecule has 10 rings (SSSR count). The first-order valence-electron chi connectivity index (χ1n) is 19.2. The monoisotopic (exact) mass is 737 g/mol. The lowest BCUT2D eigenvalue weighted by Crippen LogP contribution is -1.98. The molecule has 3 atom stereocenters. The van der Waals surface area contributed by atoms with Gasteiger partial charge in [-0.25, -0.2) is 24.9 Å². The second-order valence-corrected chi connectivity index (χ2v) is 15.3. The Labute approximate surface area is 324 Å². The van der Waals surface area contributed by atoms with Crippen LogP contribution >= 0.6 is 0 Å². The Balaban J connectivity index is 0.000000117. The quantitative estimate of drug-likeness (QED) is 0.103. The van der Waals surface area contributed by atoms with Crippen LogP contribution in [0.2, 0.25) is 0 Å². The number of hydrogen-bond acceptors (Lipinski definition) is 10. The third-order valence-electron chi connectivity index (χ3n) is 11.1. The van der Waals surface area contributed by atoms with Crippen LogP contribution in [0.25, 0.3) is 17.0 Å². The first kappa shape index (κ1) is 38.7. The van der Waals surface area contributed by atoms with Gasteiger partial charge < -0.3 is 33.2 Å². The highest BCUT2D eigenvalue weighted by atomic mass is 14.9. The molecule has 0 spiro atoms. The number of rotatable bonds is 0. The molecule has 6 aromatic heterocycles. The first-order valence-corrected chi connectivity index (χ1v) is 19.2. The van der Waals surface area contributed by atoms with Crippen molar-refractivity contribution in [2.75, 3.05) is 28.7 Å². The Bertz CT molecular complexity index is 2300. The summed E-state index contributed by atoms with van der Waals surface area (Å²) in [4.78, 5) is 20.2. The van der Waals surface area contributed by atoms with Gasteiger partial charge in [0.05, 0.1) is 5.52 Å². The van der Waals surface area contributed by atoms with Crippen LogP contribution in [0, 0.1) is 5.92 Å². The fraction of sp³-hybridized carbons (Fsp3) is 0.341. The maximum absolute atomic E-state index is 5.75. The lowest BCUT2D eigenvalue weighted by molar-refractivity contribution is 0.628. The number of aromatic nitrogens is 6. The molecule has 6 heterocycles. The third kappa shape index (κ3) is 8.88. The molecule has 4 aliphatic rings. The van der Waals surface area contributed by atoms with Gasteiger partial charge in [0.1, 0.15) is 29.1 Å². The van der Waals surface area contributed by atoms with Gasteiger partial charge in [0, 0.05) is 60.7 Å². The van der Waals surface area contributed by atoms with Gasteiger partial charge in [-0.15, -0.1) is 0 Å². The predicted molar refractivity (Wildman–Crippen MR) is 227 cm³/mol. The molecule has 0 radical (unpaired) electrons. The lowest BCUT2D eigenvalue weighted by atomic mass is 10.1. The smallest absolute Gasteiger partial charge is 0.132 e. The number of allylic oxidation sites excluding steroid dienone is 1. The molecule has 3 unspecified atom stereocenters. The van der Waals surface area contributed by atoms with Gasteiger partial charge in [-0.1, -0.05) is 32.4 Å². The SMILES string of the molecule is CC1=Cc2c(ccnc2N)C1.CC1CCc2c1ccnc2N.CC1CCc2ccnc(N)c21.CC1Cc2ccnc(N)c2C1.Cn1ccc2c(N)nccc21. The zero-order valence-electron chi connectivity index (χ0n) is 32.8. The molecular formula is C44H55N11. The summed E-state index contributed by atoms with van der Waals surface area (Å²) in [5, 5.41) is 1.02. The summed E-state index contributed by atoms with van der Waals surface area (Å²) in [6, 6.07) is 12.2. The van der Waals surface area contributed by atoms with Crippen molar-refractivity contribution in [1.82, 2.24) is 29.5 Å². The minimum atomic E-state index is 0.600. The largest absolute Gasteiger partial charge is 0.383 e. The summed E-state index contributed by atoms with van der Waals surface area (Å²) in [6.07, 6.45) is 21.0. The Morgan fingerprint density at radius 3 is 1.87 bits per heavy atom. The highest BCUT2D eigenvalue weighted by molar-refractivity contribution is 5.88. The summed E-state index contributed by atoms with van der Waals surface area (Å²) in [7, 11) is 1.99. The standard InChI is InChI=1S/C9H12N2.C9H10N2.2C9H12N2.C8H9N3/c2*1-6-4-7-2-3-11-9(10)8(7)5-6;1-6-2-3-8-7(6)4-5-11-9(8)10;1-6-2-3-7-4-5-11-9(10)8(6)7;1-11-5-3-6-7(11)2-4-10-8(6)9/h2-3,6H,4-5H2,1H3,(H2,10,11);2-3,5H,4H2,1H3,(H2,10,11);2*4-6H,2-3H2,1H3,(H2,10,11);2-5H,1H3,(H2,9,10). The van der Waals surface area contributed by atoms with E-state index >= 15 is 0 Å². The van der Waals surface area contributed by atoms with E-state index in [1.165, 1.54) is 70.2 Å². The molecule has 4 aliphatic carbocycles. The maximum atomic E-state index is 5.75. The summed E-state index contributed by atoms with van der Waals surface area (Å²) in [6.45, 7) is 8.81. The number of nitrogens with two attached hydrogens (primary N) is 5. The number of fused-ring (bicyclic) bond motifs is 5. The van der Waals surface area contributed by atoms with Crippen LogP contribution in [0.5, 0.6) is 0 Å². The molecule has 6 aromatic rings. The van der Waals surface area contributed by atoms with Crippen molar-refractivity contribution in [2.24, 2.45) is 13.0 Å². The van der Waals surface area contributed by atoms with Crippen molar-refractivity contribution in [3.05, 3.63) is 124 Å². The minimum absolute atomic E-state index is 0.600. The number of pyridine rings is 5. The predicted octanol–water partition coefficient (Wildman–Crippen LogP) is 7.60. The molecule has 0 saturated carbocycles. The summed E-state index contributed by atoms with van der Waals surface area (Å²) < 4.78 is 2.02. The van der Waals surface area contributed by atoms with Crippen LogP contribution in [0.4, 0.5) is 29.1 Å². The molecule has 11 nitrogen and oxygen atoms in total. The number of nitrogens with zero attached hydrogens (tertiary/aromatic N) is 6. The summed E-state index contributed by atoms with van der Waals surface area (Å²) >= 11 is 0. The Morgan fingerprint density at radius 2 is 1.20 bits per heavy atom. The van der Waals surface area contributed by atoms with E-state index in [0.29, 0.717) is 23.5 Å². The topological polar surface area (TPSA) is 199 Å². The molecule has 10 N–H and O–H groups in total. The average molecular weight is 738 g/mol. The van der Waals surface area contributed by atoms with Gasteiger partial charge in [-0.2, -0.15) is 0 Å². The van der Waals surface area contributed by atoms with E-state index in [2.05, 4.69) is 76.9 Å². The van der Waals surface area contributed by atoms with Gasteiger partial charge >= 0.3 is 0 Å². The summed E-state index contributed by atoms with van der Waals surface area (Å²) in [5.41, 5.74) is 41.4. The Hall–Kier alpha value is -5.97. The van der Waals surface area contributed by atoms with Gasteiger partial charge in [0.15, 0.2) is 0 Å². The van der Waals surface area contributed by atoms with Gasteiger partial charge in [-0.05, 0) is 139 Å². The number of aryl methyl sites for hydroxylation is 2. The van der Waals surface area contributed by atoms with E-state index in [1.807, 2.05) is 36.0 Å². The number of nitrogen functional groups attached to an aromatic ring is 5. The van der Waals surface area contributed by atoms with Crippen LogP contribution < -0.4 is 28.7 Å². The number of anilines is 5. The van der Waals surface area contributed by atoms with E-state index < -0.39 is 0 Å². The molecular weight excluding hydrogens is 683 g/mol. The third-order valence-corrected chi connectivity index (χ3v) is 11.1. The van der Waals surface area contributed by atoms with Crippen molar-refractivity contribution >= 4 is 46.1 Å². The molecule has 11 heteroatoms. The minimum Gasteiger partial charge on any atom is -0.383 e. The van der Waals surface area contributed by atoms with Crippen LogP contribution in [-0.4, -0.2) is 29.5 Å². The van der Waals surface area contributed by atoms with Gasteiger partial charge in [0.25, 0.3) is 0 Å². The average Bonchev–Trinajstić information content (AvgIpc) is 4.00.